The number of thiocarbonyl (C=S) groups is 1. The molecule has 0 unspecified atom stereocenters. The molecule has 0 aromatic heterocycles. The van der Waals surface area contributed by atoms with Crippen molar-refractivity contribution in [2.75, 3.05) is 12.4 Å². The minimum atomic E-state index is -2.84. The van der Waals surface area contributed by atoms with Crippen LogP contribution in [-0.4, -0.2) is 23.7 Å². The van der Waals surface area contributed by atoms with Gasteiger partial charge in [-0.3, -0.25) is 0 Å². The lowest BCUT2D eigenvalue weighted by Gasteiger charge is -2.21. The first-order valence-corrected chi connectivity index (χ1v) is 7.58. The van der Waals surface area contributed by atoms with E-state index in [-0.39, 0.29) is 11.6 Å². The third-order valence-electron chi connectivity index (χ3n) is 3.34. The highest BCUT2D eigenvalue weighted by molar-refractivity contribution is 7.80. The van der Waals surface area contributed by atoms with E-state index in [9.17, 15) is 13.2 Å². The normalized spacial score (nSPS) is 10.6. The second-order valence-corrected chi connectivity index (χ2v) is 5.66. The van der Waals surface area contributed by atoms with Gasteiger partial charge in [-0.05, 0) is 54.5 Å². The highest BCUT2D eigenvalue weighted by Crippen LogP contribution is 2.17. The monoisotopic (exact) mass is 354 g/mol. The molecule has 2 aromatic rings. The van der Waals surface area contributed by atoms with Gasteiger partial charge in [0.15, 0.2) is 5.11 Å². The lowest BCUT2D eigenvalue weighted by molar-refractivity contribution is -0.0498. The fraction of sp³-hybridized carbons (Fsp3) is 0.235. The summed E-state index contributed by atoms with van der Waals surface area (Å²) in [4.78, 5) is 1.76. The molecule has 0 saturated carbocycles. The van der Waals surface area contributed by atoms with Crippen LogP contribution in [0.15, 0.2) is 42.5 Å². The number of halogens is 3. The number of alkyl halides is 2. The number of benzene rings is 2. The van der Waals surface area contributed by atoms with Crippen molar-refractivity contribution < 1.29 is 17.9 Å². The number of hydrogen-bond donors (Lipinski definition) is 1. The van der Waals surface area contributed by atoms with Gasteiger partial charge >= 0.3 is 6.61 Å². The van der Waals surface area contributed by atoms with Crippen molar-refractivity contribution in [1.82, 2.24) is 4.90 Å². The van der Waals surface area contributed by atoms with Crippen molar-refractivity contribution in [2.24, 2.45) is 0 Å². The van der Waals surface area contributed by atoms with Gasteiger partial charge in [0, 0.05) is 19.3 Å². The van der Waals surface area contributed by atoms with Crippen LogP contribution in [0, 0.1) is 12.7 Å². The highest BCUT2D eigenvalue weighted by Gasteiger charge is 2.08. The molecule has 0 radical (unpaired) electrons. The summed E-state index contributed by atoms with van der Waals surface area (Å²) in [5.74, 6) is -0.202. The Morgan fingerprint density at radius 1 is 1.21 bits per heavy atom. The molecule has 2 aromatic carbocycles. The largest absolute Gasteiger partial charge is 0.435 e. The third kappa shape index (κ3) is 5.13. The summed E-state index contributed by atoms with van der Waals surface area (Å²) in [6.07, 6.45) is 0. The first kappa shape index (κ1) is 18.1. The van der Waals surface area contributed by atoms with E-state index < -0.39 is 6.61 Å². The van der Waals surface area contributed by atoms with Gasteiger partial charge < -0.3 is 15.0 Å². The Morgan fingerprint density at radius 3 is 2.46 bits per heavy atom. The molecule has 0 fully saturated rings. The topological polar surface area (TPSA) is 24.5 Å². The van der Waals surface area contributed by atoms with E-state index in [0.717, 1.165) is 5.56 Å². The molecule has 0 aliphatic heterocycles. The van der Waals surface area contributed by atoms with Crippen molar-refractivity contribution in [2.45, 2.75) is 20.1 Å². The van der Waals surface area contributed by atoms with E-state index in [1.54, 1.807) is 43.1 Å². The molecule has 2 rings (SSSR count). The molecular weight excluding hydrogens is 337 g/mol. The number of nitrogens with one attached hydrogen (secondary N) is 1. The maximum absolute atomic E-state index is 13.5. The van der Waals surface area contributed by atoms with Crippen LogP contribution in [0.3, 0.4) is 0 Å². The third-order valence-corrected chi connectivity index (χ3v) is 3.75. The van der Waals surface area contributed by atoms with Gasteiger partial charge in [0.2, 0.25) is 0 Å². The Kier molecular flexibility index (Phi) is 6.03. The van der Waals surface area contributed by atoms with Crippen molar-refractivity contribution in [3.05, 3.63) is 59.4 Å². The summed E-state index contributed by atoms with van der Waals surface area (Å²) in [5, 5.41) is 3.38. The Bertz CT molecular complexity index is 707. The first-order chi connectivity index (χ1) is 11.3. The first-order valence-electron chi connectivity index (χ1n) is 7.17. The zero-order valence-electron chi connectivity index (χ0n) is 13.2. The van der Waals surface area contributed by atoms with Crippen LogP contribution in [0.5, 0.6) is 5.75 Å². The van der Waals surface area contributed by atoms with Gasteiger partial charge in [0.25, 0.3) is 0 Å². The summed E-state index contributed by atoms with van der Waals surface area (Å²) >= 11 is 5.29. The van der Waals surface area contributed by atoms with E-state index in [2.05, 4.69) is 10.1 Å². The number of aryl methyl sites for hydroxylation is 1. The smallest absolute Gasteiger partial charge is 0.387 e. The molecule has 7 heteroatoms. The molecule has 1 N–H and O–H groups in total. The zero-order valence-corrected chi connectivity index (χ0v) is 14.0. The van der Waals surface area contributed by atoms with Crippen LogP contribution in [0.1, 0.15) is 11.1 Å². The van der Waals surface area contributed by atoms with E-state index in [0.29, 0.717) is 22.9 Å². The molecule has 0 saturated heterocycles. The summed E-state index contributed by atoms with van der Waals surface area (Å²) in [6, 6.07) is 11.1. The van der Waals surface area contributed by atoms with Crippen molar-refractivity contribution in [1.29, 1.82) is 0 Å². The van der Waals surface area contributed by atoms with E-state index in [1.165, 1.54) is 18.2 Å². The van der Waals surface area contributed by atoms with Crippen LogP contribution in [-0.2, 0) is 6.54 Å². The van der Waals surface area contributed by atoms with Gasteiger partial charge in [-0.2, -0.15) is 8.78 Å². The maximum Gasteiger partial charge on any atom is 0.387 e. The SMILES string of the molecule is Cc1ccc(NC(=S)N(C)Cc2ccc(OC(F)F)cc2)cc1F. The molecule has 0 aliphatic rings. The standard InChI is InChI=1S/C17H17F3N2OS/c1-11-3-6-13(9-15(11)18)21-17(24)22(2)10-12-4-7-14(8-5-12)23-16(19)20/h3-9,16H,10H2,1-2H3,(H,21,24). The van der Waals surface area contributed by atoms with Crippen molar-refractivity contribution in [3.8, 4) is 5.75 Å². The number of anilines is 1. The highest BCUT2D eigenvalue weighted by atomic mass is 32.1. The lowest BCUT2D eigenvalue weighted by atomic mass is 10.2. The van der Waals surface area contributed by atoms with Crippen molar-refractivity contribution in [3.63, 3.8) is 0 Å². The Hall–Kier alpha value is -2.28. The molecule has 0 heterocycles. The summed E-state index contributed by atoms with van der Waals surface area (Å²) in [5.41, 5.74) is 2.00. The molecule has 0 amide bonds. The fourth-order valence-electron chi connectivity index (χ4n) is 2.01. The molecule has 0 spiro atoms. The average molecular weight is 354 g/mol. The minimum Gasteiger partial charge on any atom is -0.435 e. The maximum atomic E-state index is 13.5. The summed E-state index contributed by atoms with van der Waals surface area (Å²) in [6.45, 7) is -0.690. The van der Waals surface area contributed by atoms with Crippen LogP contribution < -0.4 is 10.1 Å². The zero-order chi connectivity index (χ0) is 17.7. The Balaban J connectivity index is 1.94. The van der Waals surface area contributed by atoms with Gasteiger partial charge in [0.05, 0.1) is 0 Å². The van der Waals surface area contributed by atoms with Gasteiger partial charge in [-0.1, -0.05) is 18.2 Å². The summed E-state index contributed by atoms with van der Waals surface area (Å²) < 4.78 is 42.1. The second-order valence-electron chi connectivity index (χ2n) is 5.27. The molecule has 128 valence electrons. The molecule has 0 atom stereocenters. The van der Waals surface area contributed by atoms with E-state index in [1.807, 2.05) is 0 Å². The van der Waals surface area contributed by atoms with Crippen LogP contribution in [0.2, 0.25) is 0 Å². The number of nitrogens with zero attached hydrogens (tertiary/aromatic N) is 1. The van der Waals surface area contributed by atoms with Crippen LogP contribution in [0.4, 0.5) is 18.9 Å². The predicted molar refractivity (Wildman–Crippen MR) is 91.9 cm³/mol. The molecule has 0 aliphatic carbocycles. The van der Waals surface area contributed by atoms with Crippen LogP contribution >= 0.6 is 12.2 Å². The van der Waals surface area contributed by atoms with E-state index >= 15 is 0 Å². The second kappa shape index (κ2) is 8.01. The molecule has 24 heavy (non-hydrogen) atoms. The van der Waals surface area contributed by atoms with Gasteiger partial charge in [-0.15, -0.1) is 0 Å². The average Bonchev–Trinajstić information content (AvgIpc) is 2.52. The molecular formula is C17H17F3N2OS. The van der Waals surface area contributed by atoms with Gasteiger partial charge in [-0.25, -0.2) is 4.39 Å². The Labute approximate surface area is 144 Å². The van der Waals surface area contributed by atoms with Gasteiger partial charge in [0.1, 0.15) is 11.6 Å². The van der Waals surface area contributed by atoms with Crippen molar-refractivity contribution >= 4 is 23.0 Å². The molecule has 0 bridgehead atoms. The molecule has 3 nitrogen and oxygen atoms in total. The number of rotatable bonds is 5. The lowest BCUT2D eigenvalue weighted by Crippen LogP contribution is -2.30. The quantitative estimate of drug-likeness (QED) is 0.796. The minimum absolute atomic E-state index is 0.104. The van der Waals surface area contributed by atoms with E-state index in [4.69, 9.17) is 12.2 Å². The predicted octanol–water partition coefficient (Wildman–Crippen LogP) is 4.56. The number of ether oxygens (including phenoxy) is 1. The summed E-state index contributed by atoms with van der Waals surface area (Å²) in [7, 11) is 1.78. The Morgan fingerprint density at radius 2 is 1.88 bits per heavy atom. The van der Waals surface area contributed by atoms with Crippen LogP contribution in [0.25, 0.3) is 0 Å². The number of hydrogen-bond acceptors (Lipinski definition) is 2. The fourth-order valence-corrected chi connectivity index (χ4v) is 2.19.